The Morgan fingerprint density at radius 2 is 1.85 bits per heavy atom. The first-order valence-corrected chi connectivity index (χ1v) is 12.0. The Morgan fingerprint density at radius 1 is 1.06 bits per heavy atom. The van der Waals surface area contributed by atoms with Crippen molar-refractivity contribution >= 4 is 38.3 Å². The molecule has 1 atom stereocenters. The molecule has 1 fully saturated rings. The van der Waals surface area contributed by atoms with Crippen molar-refractivity contribution in [2.75, 3.05) is 18.5 Å². The second kappa shape index (κ2) is 8.29. The molecule has 1 aliphatic carbocycles. The zero-order chi connectivity index (χ0) is 23.2. The minimum Gasteiger partial charge on any atom is -0.387 e. The van der Waals surface area contributed by atoms with Gasteiger partial charge < -0.3 is 20.0 Å². The predicted octanol–water partition coefficient (Wildman–Crippen LogP) is 5.39. The van der Waals surface area contributed by atoms with Crippen molar-refractivity contribution in [2.24, 2.45) is 0 Å². The van der Waals surface area contributed by atoms with Crippen LogP contribution in [0.5, 0.6) is 0 Å². The lowest BCUT2D eigenvalue weighted by Crippen LogP contribution is -2.24. The van der Waals surface area contributed by atoms with Crippen LogP contribution in [0.25, 0.3) is 32.6 Å². The number of pyridine rings is 1. The van der Waals surface area contributed by atoms with Gasteiger partial charge in [0.1, 0.15) is 5.82 Å². The van der Waals surface area contributed by atoms with Crippen LogP contribution in [0.1, 0.15) is 49.1 Å². The van der Waals surface area contributed by atoms with Gasteiger partial charge in [0.2, 0.25) is 0 Å². The van der Waals surface area contributed by atoms with Crippen LogP contribution in [0.4, 0.5) is 5.69 Å². The molecule has 0 amide bonds. The Balaban J connectivity index is 1.49. The van der Waals surface area contributed by atoms with Crippen LogP contribution in [0.15, 0.2) is 65.6 Å². The highest BCUT2D eigenvalue weighted by molar-refractivity contribution is 6.23. The molecular weight excluding hydrogens is 424 g/mol. The van der Waals surface area contributed by atoms with Gasteiger partial charge in [-0.15, -0.1) is 0 Å². The van der Waals surface area contributed by atoms with Gasteiger partial charge >= 0.3 is 0 Å². The minimum absolute atomic E-state index is 0.106. The number of aromatic nitrogens is 3. The third kappa shape index (κ3) is 3.46. The summed E-state index contributed by atoms with van der Waals surface area (Å²) in [7, 11) is 1.96. The fourth-order valence-electron chi connectivity index (χ4n) is 5.46. The molecule has 0 bridgehead atoms. The Labute approximate surface area is 197 Å². The quantitative estimate of drug-likeness (QED) is 0.312. The molecule has 172 valence electrons. The minimum atomic E-state index is -0.607. The van der Waals surface area contributed by atoms with Crippen molar-refractivity contribution < 1.29 is 5.11 Å². The average Bonchev–Trinajstić information content (AvgIpc) is 3.55. The van der Waals surface area contributed by atoms with Gasteiger partial charge in [-0.1, -0.05) is 49.2 Å². The Morgan fingerprint density at radius 3 is 2.65 bits per heavy atom. The molecule has 6 rings (SSSR count). The molecule has 0 radical (unpaired) electrons. The number of hydrogen-bond acceptors (Lipinski definition) is 4. The van der Waals surface area contributed by atoms with E-state index in [1.165, 1.54) is 12.8 Å². The van der Waals surface area contributed by atoms with Crippen LogP contribution in [-0.2, 0) is 0 Å². The van der Waals surface area contributed by atoms with Crippen LogP contribution >= 0.6 is 0 Å². The summed E-state index contributed by atoms with van der Waals surface area (Å²) in [6, 6.07) is 17.8. The van der Waals surface area contributed by atoms with Gasteiger partial charge in [-0.2, -0.15) is 0 Å². The van der Waals surface area contributed by atoms with Crippen molar-refractivity contribution in [3.63, 3.8) is 0 Å². The number of nitrogens with one attached hydrogen (secondary N) is 2. The van der Waals surface area contributed by atoms with E-state index < -0.39 is 6.10 Å². The number of H-pyrrole nitrogens is 2. The lowest BCUT2D eigenvalue weighted by Gasteiger charge is -2.23. The Hall–Kier alpha value is -3.64. The molecule has 1 aliphatic rings. The van der Waals surface area contributed by atoms with E-state index in [1.807, 2.05) is 60.5 Å². The van der Waals surface area contributed by atoms with Crippen LogP contribution in [0, 0.1) is 0 Å². The molecule has 3 aromatic carbocycles. The summed E-state index contributed by atoms with van der Waals surface area (Å²) in [6.45, 7) is 0.445. The van der Waals surface area contributed by atoms with Gasteiger partial charge in [-0.3, -0.25) is 4.79 Å². The Bertz CT molecular complexity index is 1550. The lowest BCUT2D eigenvalue weighted by molar-refractivity contribution is 0.185. The highest BCUT2D eigenvalue weighted by Gasteiger charge is 2.23. The van der Waals surface area contributed by atoms with Crippen molar-refractivity contribution in [1.82, 2.24) is 15.0 Å². The van der Waals surface area contributed by atoms with Gasteiger partial charge in [-0.05, 0) is 42.0 Å². The number of hydrogen-bond donors (Lipinski definition) is 3. The van der Waals surface area contributed by atoms with E-state index >= 15 is 0 Å². The summed E-state index contributed by atoms with van der Waals surface area (Å²) < 4.78 is 0. The molecule has 0 spiro atoms. The molecule has 2 heterocycles. The Kier molecular flexibility index (Phi) is 5.11. The summed E-state index contributed by atoms with van der Waals surface area (Å²) >= 11 is 0. The number of benzene rings is 3. The monoisotopic (exact) mass is 452 g/mol. The highest BCUT2D eigenvalue weighted by Crippen LogP contribution is 2.38. The van der Waals surface area contributed by atoms with E-state index in [-0.39, 0.29) is 5.56 Å². The maximum Gasteiger partial charge on any atom is 0.256 e. The predicted molar refractivity (Wildman–Crippen MR) is 138 cm³/mol. The van der Waals surface area contributed by atoms with Crippen molar-refractivity contribution in [3.8, 4) is 0 Å². The number of rotatable bonds is 5. The molecule has 6 heteroatoms. The second-order valence-corrected chi connectivity index (χ2v) is 9.46. The van der Waals surface area contributed by atoms with Gasteiger partial charge in [0.25, 0.3) is 5.56 Å². The summed E-state index contributed by atoms with van der Waals surface area (Å²) in [5, 5.41) is 14.1. The topological polar surface area (TPSA) is 85.0 Å². The number of likely N-dealkylation sites (N-methyl/N-ethyl adjacent to an activating group) is 1. The van der Waals surface area contributed by atoms with Crippen LogP contribution in [0.2, 0.25) is 0 Å². The summed E-state index contributed by atoms with van der Waals surface area (Å²) in [6.07, 6.45) is 5.91. The first-order valence-electron chi connectivity index (χ1n) is 12.0. The smallest absolute Gasteiger partial charge is 0.256 e. The van der Waals surface area contributed by atoms with Crippen molar-refractivity contribution in [2.45, 2.75) is 37.7 Å². The fraction of sp³-hybridized carbons (Fsp3) is 0.286. The molecule has 1 saturated carbocycles. The van der Waals surface area contributed by atoms with Gasteiger partial charge in [0.15, 0.2) is 0 Å². The third-order valence-corrected chi connectivity index (χ3v) is 7.29. The number of anilines is 1. The average molecular weight is 453 g/mol. The number of fused-ring (bicyclic) bond motifs is 6. The zero-order valence-electron chi connectivity index (χ0n) is 19.2. The molecular formula is C28H28N4O2. The van der Waals surface area contributed by atoms with E-state index in [0.717, 1.165) is 57.1 Å². The number of aromatic amines is 2. The first-order chi connectivity index (χ1) is 16.6. The van der Waals surface area contributed by atoms with Gasteiger partial charge in [-0.25, -0.2) is 4.98 Å². The van der Waals surface area contributed by atoms with Crippen LogP contribution in [-0.4, -0.2) is 33.7 Å². The summed E-state index contributed by atoms with van der Waals surface area (Å²) in [4.78, 5) is 26.5. The van der Waals surface area contributed by atoms with E-state index in [4.69, 9.17) is 4.98 Å². The molecule has 5 aromatic rings. The van der Waals surface area contributed by atoms with Crippen molar-refractivity contribution in [1.29, 1.82) is 0 Å². The van der Waals surface area contributed by atoms with Crippen molar-refractivity contribution in [3.05, 3.63) is 82.5 Å². The van der Waals surface area contributed by atoms with E-state index in [9.17, 15) is 9.90 Å². The third-order valence-electron chi connectivity index (χ3n) is 7.29. The molecule has 3 N–H and O–H groups in total. The summed E-state index contributed by atoms with van der Waals surface area (Å²) in [5.41, 5.74) is 3.59. The largest absolute Gasteiger partial charge is 0.387 e. The molecule has 34 heavy (non-hydrogen) atoms. The summed E-state index contributed by atoms with van der Waals surface area (Å²) in [5.74, 6) is 1.50. The van der Waals surface area contributed by atoms with Gasteiger partial charge in [0, 0.05) is 42.2 Å². The number of imidazole rings is 1. The first kappa shape index (κ1) is 20.9. The van der Waals surface area contributed by atoms with Crippen LogP contribution in [0.3, 0.4) is 0 Å². The number of nitrogens with zero attached hydrogens (tertiary/aromatic N) is 2. The van der Waals surface area contributed by atoms with E-state index in [1.54, 1.807) is 6.20 Å². The normalized spacial score (nSPS) is 15.5. The zero-order valence-corrected chi connectivity index (χ0v) is 19.2. The van der Waals surface area contributed by atoms with E-state index in [0.29, 0.717) is 17.8 Å². The van der Waals surface area contributed by atoms with Gasteiger partial charge in [0.05, 0.1) is 22.5 Å². The molecule has 0 aliphatic heterocycles. The SMILES string of the molecule is CN(CC(O)c1ccccc1)c1ccc2c(c1)c1c(=O)[nH]ccc1c1[nH]c(C3CCCC3)nc21. The fourth-order valence-corrected chi connectivity index (χ4v) is 5.46. The molecule has 2 aromatic heterocycles. The highest BCUT2D eigenvalue weighted by atomic mass is 16.3. The maximum atomic E-state index is 13.0. The lowest BCUT2D eigenvalue weighted by atomic mass is 10.0. The molecule has 6 nitrogen and oxygen atoms in total. The van der Waals surface area contributed by atoms with Crippen LogP contribution < -0.4 is 10.5 Å². The second-order valence-electron chi connectivity index (χ2n) is 9.46. The van der Waals surface area contributed by atoms with E-state index in [2.05, 4.69) is 16.0 Å². The molecule has 0 saturated heterocycles. The number of aliphatic hydroxyl groups excluding tert-OH is 1. The maximum absolute atomic E-state index is 13.0. The molecule has 1 unspecified atom stereocenters. The standard InChI is InChI=1S/C28H28N4O2/c1-32(16-23(33)17-7-3-2-4-8-17)19-11-12-20-22(15-19)24-21(13-14-29-28(24)34)26-25(20)30-27(31-26)18-9-5-6-10-18/h2-4,7-8,11-15,18,23,33H,5-6,9-10,16H2,1H3,(H,29,34)(H,30,31). The number of aliphatic hydroxyl groups is 1.